The van der Waals surface area contributed by atoms with Crippen molar-refractivity contribution in [3.05, 3.63) is 48.0 Å². The first-order chi connectivity index (χ1) is 9.95. The summed E-state index contributed by atoms with van der Waals surface area (Å²) < 4.78 is 28.3. The lowest BCUT2D eigenvalue weighted by atomic mass is 10.1. The van der Waals surface area contributed by atoms with Crippen molar-refractivity contribution in [3.8, 4) is 5.75 Å². The molecule has 21 heavy (non-hydrogen) atoms. The van der Waals surface area contributed by atoms with Crippen molar-refractivity contribution >= 4 is 22.8 Å². The Bertz CT molecular complexity index is 643. The molecule has 0 amide bonds. The minimum Gasteiger partial charge on any atom is -0.435 e. The number of anilines is 3. The van der Waals surface area contributed by atoms with Gasteiger partial charge in [0.05, 0.1) is 0 Å². The number of carbonyl (C=O) groups excluding carboxylic acids is 1. The van der Waals surface area contributed by atoms with Gasteiger partial charge in [0.15, 0.2) is 5.78 Å². The van der Waals surface area contributed by atoms with Gasteiger partial charge in [-0.15, -0.1) is 0 Å². The highest BCUT2D eigenvalue weighted by atomic mass is 19.3. The lowest BCUT2D eigenvalue weighted by Crippen LogP contribution is -2.02. The molecule has 6 heteroatoms. The summed E-state index contributed by atoms with van der Waals surface area (Å²) in [6, 6.07) is 11.1. The first kappa shape index (κ1) is 14.8. The Balaban J connectivity index is 2.11. The number of nitrogens with one attached hydrogen (secondary N) is 1. The maximum Gasteiger partial charge on any atom is 0.387 e. The fraction of sp³-hybridized carbons (Fsp3) is 0.133. The van der Waals surface area contributed by atoms with Crippen molar-refractivity contribution in [3.63, 3.8) is 0 Å². The normalized spacial score (nSPS) is 10.5. The van der Waals surface area contributed by atoms with Crippen LogP contribution in [-0.2, 0) is 0 Å². The van der Waals surface area contributed by atoms with Crippen molar-refractivity contribution in [2.75, 3.05) is 11.1 Å². The second-order valence-corrected chi connectivity index (χ2v) is 4.39. The average Bonchev–Trinajstić information content (AvgIpc) is 2.40. The Hall–Kier alpha value is -2.63. The number of nitrogen functional groups attached to an aromatic ring is 1. The van der Waals surface area contributed by atoms with Gasteiger partial charge in [-0.2, -0.15) is 8.78 Å². The van der Waals surface area contributed by atoms with Crippen molar-refractivity contribution in [2.24, 2.45) is 0 Å². The first-order valence-corrected chi connectivity index (χ1v) is 6.18. The van der Waals surface area contributed by atoms with E-state index in [4.69, 9.17) is 5.73 Å². The summed E-state index contributed by atoms with van der Waals surface area (Å²) in [5.41, 5.74) is 8.01. The van der Waals surface area contributed by atoms with Crippen LogP contribution in [0.25, 0.3) is 0 Å². The molecule has 0 radical (unpaired) electrons. The molecule has 0 aromatic heterocycles. The summed E-state index contributed by atoms with van der Waals surface area (Å²) in [7, 11) is 0. The number of carbonyl (C=O) groups is 1. The quantitative estimate of drug-likeness (QED) is 0.649. The Morgan fingerprint density at radius 1 is 1.14 bits per heavy atom. The predicted octanol–water partition coefficient (Wildman–Crippen LogP) is 3.82. The molecule has 0 bridgehead atoms. The van der Waals surface area contributed by atoms with E-state index in [2.05, 4.69) is 10.1 Å². The molecular formula is C15H14F2N2O2. The second kappa shape index (κ2) is 6.21. The fourth-order valence-corrected chi connectivity index (χ4v) is 1.85. The van der Waals surface area contributed by atoms with Crippen molar-refractivity contribution in [1.29, 1.82) is 0 Å². The van der Waals surface area contributed by atoms with E-state index in [-0.39, 0.29) is 11.5 Å². The second-order valence-electron chi connectivity index (χ2n) is 4.39. The van der Waals surface area contributed by atoms with Crippen LogP contribution in [0.1, 0.15) is 17.3 Å². The third-order valence-electron chi connectivity index (χ3n) is 2.80. The Morgan fingerprint density at radius 3 is 2.29 bits per heavy atom. The lowest BCUT2D eigenvalue weighted by molar-refractivity contribution is -0.0498. The Labute approximate surface area is 120 Å². The zero-order chi connectivity index (χ0) is 15.4. The number of halogens is 2. The van der Waals surface area contributed by atoms with E-state index in [0.29, 0.717) is 22.6 Å². The molecule has 0 aliphatic rings. The maximum absolute atomic E-state index is 12.0. The number of ether oxygens (including phenoxy) is 1. The van der Waals surface area contributed by atoms with Crippen LogP contribution >= 0.6 is 0 Å². The highest BCUT2D eigenvalue weighted by Crippen LogP contribution is 2.24. The zero-order valence-corrected chi connectivity index (χ0v) is 11.3. The van der Waals surface area contributed by atoms with Crippen LogP contribution in [0.3, 0.4) is 0 Å². The third-order valence-corrected chi connectivity index (χ3v) is 2.80. The maximum atomic E-state index is 12.0. The molecular weight excluding hydrogens is 278 g/mol. The molecule has 0 fully saturated rings. The van der Waals surface area contributed by atoms with Crippen molar-refractivity contribution in [1.82, 2.24) is 0 Å². The van der Waals surface area contributed by atoms with E-state index in [1.54, 1.807) is 30.3 Å². The highest BCUT2D eigenvalue weighted by Gasteiger charge is 2.06. The third kappa shape index (κ3) is 3.92. The number of hydrogen-bond donors (Lipinski definition) is 2. The number of Topliss-reactive ketones (excluding diaryl/α,β-unsaturated/α-hetero) is 1. The van der Waals surface area contributed by atoms with Gasteiger partial charge >= 0.3 is 6.61 Å². The molecule has 0 saturated heterocycles. The van der Waals surface area contributed by atoms with Gasteiger partial charge in [-0.1, -0.05) is 0 Å². The molecule has 2 rings (SSSR count). The van der Waals surface area contributed by atoms with Gasteiger partial charge in [0, 0.05) is 22.6 Å². The molecule has 0 unspecified atom stereocenters. The van der Waals surface area contributed by atoms with E-state index in [1.165, 1.54) is 19.1 Å². The van der Waals surface area contributed by atoms with Crippen LogP contribution < -0.4 is 15.8 Å². The van der Waals surface area contributed by atoms with E-state index >= 15 is 0 Å². The smallest absolute Gasteiger partial charge is 0.387 e. The fourth-order valence-electron chi connectivity index (χ4n) is 1.85. The summed E-state index contributed by atoms with van der Waals surface area (Å²) in [5, 5.41) is 3.06. The summed E-state index contributed by atoms with van der Waals surface area (Å²) in [4.78, 5) is 11.3. The number of benzene rings is 2. The van der Waals surface area contributed by atoms with Crippen molar-refractivity contribution < 1.29 is 18.3 Å². The van der Waals surface area contributed by atoms with Crippen LogP contribution in [-0.4, -0.2) is 12.4 Å². The first-order valence-electron chi connectivity index (χ1n) is 6.18. The molecule has 0 spiro atoms. The molecule has 110 valence electrons. The summed E-state index contributed by atoms with van der Waals surface area (Å²) in [5.74, 6) is -0.0189. The standard InChI is InChI=1S/C15H14F2N2O2/c1-9(20)13-7-4-11(8-14(13)18)19-10-2-5-12(6-3-10)21-15(16)17/h2-8,15,19H,18H2,1H3. The summed E-state index contributed by atoms with van der Waals surface area (Å²) in [6.45, 7) is -1.40. The number of alkyl halides is 2. The number of ketones is 1. The molecule has 2 aromatic rings. The van der Waals surface area contributed by atoms with Gasteiger partial charge in [-0.05, 0) is 49.4 Å². The van der Waals surface area contributed by atoms with E-state index in [1.807, 2.05) is 0 Å². The number of nitrogens with two attached hydrogens (primary N) is 1. The average molecular weight is 292 g/mol. The SMILES string of the molecule is CC(=O)c1ccc(Nc2ccc(OC(F)F)cc2)cc1N. The molecule has 4 nitrogen and oxygen atoms in total. The molecule has 2 aromatic carbocycles. The van der Waals surface area contributed by atoms with Crippen LogP contribution in [0.5, 0.6) is 5.75 Å². The molecule has 0 aliphatic carbocycles. The van der Waals surface area contributed by atoms with Crippen LogP contribution in [0.2, 0.25) is 0 Å². The number of hydrogen-bond acceptors (Lipinski definition) is 4. The Kier molecular flexibility index (Phi) is 4.37. The lowest BCUT2D eigenvalue weighted by Gasteiger charge is -2.10. The molecule has 0 heterocycles. The largest absolute Gasteiger partial charge is 0.435 e. The van der Waals surface area contributed by atoms with E-state index < -0.39 is 6.61 Å². The molecule has 0 aliphatic heterocycles. The van der Waals surface area contributed by atoms with Gasteiger partial charge in [-0.3, -0.25) is 4.79 Å². The van der Waals surface area contributed by atoms with E-state index in [9.17, 15) is 13.6 Å². The molecule has 0 atom stereocenters. The van der Waals surface area contributed by atoms with Gasteiger partial charge in [0.1, 0.15) is 5.75 Å². The highest BCUT2D eigenvalue weighted by molar-refractivity contribution is 5.99. The van der Waals surface area contributed by atoms with Gasteiger partial charge in [0.2, 0.25) is 0 Å². The van der Waals surface area contributed by atoms with Crippen LogP contribution in [0.4, 0.5) is 25.8 Å². The molecule has 3 N–H and O–H groups in total. The number of rotatable bonds is 5. The van der Waals surface area contributed by atoms with Crippen LogP contribution in [0.15, 0.2) is 42.5 Å². The summed E-state index contributed by atoms with van der Waals surface area (Å²) >= 11 is 0. The van der Waals surface area contributed by atoms with E-state index in [0.717, 1.165) is 0 Å². The zero-order valence-electron chi connectivity index (χ0n) is 11.3. The minimum atomic E-state index is -2.84. The summed E-state index contributed by atoms with van der Waals surface area (Å²) in [6.07, 6.45) is 0. The van der Waals surface area contributed by atoms with Crippen LogP contribution in [0, 0.1) is 0 Å². The molecule has 0 saturated carbocycles. The van der Waals surface area contributed by atoms with Gasteiger partial charge in [0.25, 0.3) is 0 Å². The predicted molar refractivity (Wildman–Crippen MR) is 77.2 cm³/mol. The minimum absolute atomic E-state index is 0.0852. The van der Waals surface area contributed by atoms with Gasteiger partial charge < -0.3 is 15.8 Å². The topological polar surface area (TPSA) is 64.3 Å². The monoisotopic (exact) mass is 292 g/mol. The Morgan fingerprint density at radius 2 is 1.76 bits per heavy atom. The van der Waals surface area contributed by atoms with Gasteiger partial charge in [-0.25, -0.2) is 0 Å². The van der Waals surface area contributed by atoms with Crippen molar-refractivity contribution in [2.45, 2.75) is 13.5 Å².